The summed E-state index contributed by atoms with van der Waals surface area (Å²) in [5, 5.41) is 0.660. The van der Waals surface area contributed by atoms with E-state index < -0.39 is 0 Å². The van der Waals surface area contributed by atoms with Crippen molar-refractivity contribution < 1.29 is 9.53 Å². The number of halogens is 1. The highest BCUT2D eigenvalue weighted by molar-refractivity contribution is 6.32. The van der Waals surface area contributed by atoms with Crippen LogP contribution in [0.25, 0.3) is 0 Å². The van der Waals surface area contributed by atoms with Crippen LogP contribution in [0.5, 0.6) is 5.75 Å². The third-order valence-corrected chi connectivity index (χ3v) is 6.77. The Labute approximate surface area is 211 Å². The molecule has 3 rings (SSSR count). The lowest BCUT2D eigenvalue weighted by molar-refractivity contribution is -0.136. The zero-order valence-corrected chi connectivity index (χ0v) is 22.5. The van der Waals surface area contributed by atoms with Gasteiger partial charge < -0.3 is 14.5 Å². The molecule has 0 aromatic heterocycles. The Balaban J connectivity index is 1.70. The lowest BCUT2D eigenvalue weighted by atomic mass is 10.0. The number of aryl methyl sites for hydroxylation is 3. The van der Waals surface area contributed by atoms with Gasteiger partial charge in [-0.1, -0.05) is 62.2 Å². The van der Waals surface area contributed by atoms with E-state index in [0.717, 1.165) is 56.8 Å². The molecule has 1 aliphatic heterocycles. The van der Waals surface area contributed by atoms with Gasteiger partial charge in [-0.2, -0.15) is 0 Å². The molecular formula is C29H41ClN2O2. The van der Waals surface area contributed by atoms with Crippen LogP contribution < -0.4 is 4.74 Å². The lowest BCUT2D eigenvalue weighted by Gasteiger charge is -2.30. The number of amides is 1. The van der Waals surface area contributed by atoms with Crippen LogP contribution >= 0.6 is 11.6 Å². The molecule has 0 radical (unpaired) electrons. The second kappa shape index (κ2) is 12.1. The Morgan fingerprint density at radius 3 is 2.56 bits per heavy atom. The minimum absolute atomic E-state index is 0.0894. The summed E-state index contributed by atoms with van der Waals surface area (Å²) in [5.74, 6) is 1.33. The van der Waals surface area contributed by atoms with E-state index in [-0.39, 0.29) is 11.8 Å². The Morgan fingerprint density at radius 1 is 1.06 bits per heavy atom. The van der Waals surface area contributed by atoms with E-state index in [2.05, 4.69) is 63.9 Å². The fraction of sp³-hybridized carbons (Fsp3) is 0.552. The summed E-state index contributed by atoms with van der Waals surface area (Å²) in [6.45, 7) is 14.2. The molecule has 0 spiro atoms. The second-order valence-electron chi connectivity index (χ2n) is 10.5. The van der Waals surface area contributed by atoms with Crippen molar-refractivity contribution in [3.63, 3.8) is 0 Å². The number of hydrogen-bond donors (Lipinski definition) is 0. The number of carbonyl (C=O) groups is 1. The molecule has 4 nitrogen and oxygen atoms in total. The van der Waals surface area contributed by atoms with Gasteiger partial charge in [0.1, 0.15) is 5.75 Å². The SMILES string of the molecule is Cc1ccc(C)c(CN(C)CC(C)C(=O)N(Cc2cc(Cl)c3c(c2)CCCCO3)CC(C)C)c1. The van der Waals surface area contributed by atoms with Crippen LogP contribution in [-0.4, -0.2) is 42.5 Å². The zero-order valence-electron chi connectivity index (χ0n) is 21.8. The number of nitrogens with zero attached hydrogens (tertiary/aromatic N) is 2. The lowest BCUT2D eigenvalue weighted by Crippen LogP contribution is -2.41. The van der Waals surface area contributed by atoms with Gasteiger partial charge in [-0.25, -0.2) is 0 Å². The Bertz CT molecular complexity index is 988. The molecule has 0 N–H and O–H groups in total. The zero-order chi connectivity index (χ0) is 24.8. The molecule has 1 aliphatic rings. The van der Waals surface area contributed by atoms with E-state index in [1.165, 1.54) is 22.3 Å². The first kappa shape index (κ1) is 26.6. The van der Waals surface area contributed by atoms with Crippen molar-refractivity contribution in [2.24, 2.45) is 11.8 Å². The fourth-order valence-electron chi connectivity index (χ4n) is 4.82. The van der Waals surface area contributed by atoms with E-state index in [1.54, 1.807) is 0 Å². The molecule has 1 heterocycles. The maximum absolute atomic E-state index is 13.6. The Hall–Kier alpha value is -2.04. The first-order valence-corrected chi connectivity index (χ1v) is 13.0. The largest absolute Gasteiger partial charge is 0.492 e. The first-order valence-electron chi connectivity index (χ1n) is 12.6. The second-order valence-corrected chi connectivity index (χ2v) is 10.9. The van der Waals surface area contributed by atoms with Crippen LogP contribution in [0, 0.1) is 25.7 Å². The fourth-order valence-corrected chi connectivity index (χ4v) is 5.14. The van der Waals surface area contributed by atoms with Gasteiger partial charge in [-0.05, 0) is 74.4 Å². The monoisotopic (exact) mass is 484 g/mol. The van der Waals surface area contributed by atoms with Crippen LogP contribution in [0.4, 0.5) is 0 Å². The van der Waals surface area contributed by atoms with Crippen molar-refractivity contribution in [1.82, 2.24) is 9.80 Å². The molecule has 0 aliphatic carbocycles. The Morgan fingerprint density at radius 2 is 1.82 bits per heavy atom. The highest BCUT2D eigenvalue weighted by Crippen LogP contribution is 2.34. The van der Waals surface area contributed by atoms with Gasteiger partial charge in [0.15, 0.2) is 0 Å². The smallest absolute Gasteiger partial charge is 0.227 e. The van der Waals surface area contributed by atoms with E-state index in [1.807, 2.05) is 17.9 Å². The van der Waals surface area contributed by atoms with Crippen molar-refractivity contribution in [2.75, 3.05) is 26.7 Å². The predicted octanol–water partition coefficient (Wildman–Crippen LogP) is 6.42. The van der Waals surface area contributed by atoms with E-state index in [9.17, 15) is 4.79 Å². The molecule has 0 saturated heterocycles. The third-order valence-electron chi connectivity index (χ3n) is 6.49. The molecular weight excluding hydrogens is 444 g/mol. The van der Waals surface area contributed by atoms with Gasteiger partial charge in [0, 0.05) is 32.1 Å². The van der Waals surface area contributed by atoms with Crippen molar-refractivity contribution in [3.05, 3.63) is 63.2 Å². The topological polar surface area (TPSA) is 32.8 Å². The molecule has 186 valence electrons. The van der Waals surface area contributed by atoms with Crippen LogP contribution in [0.15, 0.2) is 30.3 Å². The normalized spacial score (nSPS) is 14.5. The molecule has 2 aromatic rings. The van der Waals surface area contributed by atoms with Gasteiger partial charge in [0.2, 0.25) is 5.91 Å². The summed E-state index contributed by atoms with van der Waals surface area (Å²) in [6.07, 6.45) is 3.12. The standard InChI is InChI=1S/C29H41ClN2O2/c1-20(2)16-32(18-24-14-25-9-7-8-12-34-28(25)27(30)15-24)29(33)23(5)17-31(6)19-26-13-21(3)10-11-22(26)4/h10-11,13-15,20,23H,7-9,12,16-19H2,1-6H3. The van der Waals surface area contributed by atoms with E-state index in [4.69, 9.17) is 16.3 Å². The van der Waals surface area contributed by atoms with Crippen molar-refractivity contribution in [3.8, 4) is 5.75 Å². The van der Waals surface area contributed by atoms with Crippen LogP contribution in [0.3, 0.4) is 0 Å². The van der Waals surface area contributed by atoms with Crippen molar-refractivity contribution >= 4 is 17.5 Å². The molecule has 5 heteroatoms. The maximum atomic E-state index is 13.6. The van der Waals surface area contributed by atoms with Gasteiger partial charge in [0.25, 0.3) is 0 Å². The minimum atomic E-state index is -0.0894. The molecule has 1 amide bonds. The van der Waals surface area contributed by atoms with Gasteiger partial charge >= 0.3 is 0 Å². The van der Waals surface area contributed by atoms with Crippen LogP contribution in [0.1, 0.15) is 61.4 Å². The average Bonchev–Trinajstić information content (AvgIpc) is 3.01. The minimum Gasteiger partial charge on any atom is -0.492 e. The highest BCUT2D eigenvalue weighted by Gasteiger charge is 2.24. The van der Waals surface area contributed by atoms with E-state index in [0.29, 0.717) is 17.5 Å². The van der Waals surface area contributed by atoms with Crippen LogP contribution in [0.2, 0.25) is 5.02 Å². The first-order chi connectivity index (χ1) is 16.1. The predicted molar refractivity (Wildman–Crippen MR) is 142 cm³/mol. The molecule has 1 unspecified atom stereocenters. The quantitative estimate of drug-likeness (QED) is 0.411. The average molecular weight is 485 g/mol. The van der Waals surface area contributed by atoms with E-state index >= 15 is 0 Å². The Kier molecular flexibility index (Phi) is 9.44. The van der Waals surface area contributed by atoms with Crippen molar-refractivity contribution in [2.45, 2.75) is 67.0 Å². The van der Waals surface area contributed by atoms with Crippen LogP contribution in [-0.2, 0) is 24.3 Å². The summed E-state index contributed by atoms with van der Waals surface area (Å²) in [6, 6.07) is 10.7. The molecule has 0 bridgehead atoms. The van der Waals surface area contributed by atoms with Gasteiger partial charge in [0.05, 0.1) is 11.6 Å². The maximum Gasteiger partial charge on any atom is 0.227 e. The molecule has 2 aromatic carbocycles. The summed E-state index contributed by atoms with van der Waals surface area (Å²) in [5.41, 5.74) is 6.13. The molecule has 34 heavy (non-hydrogen) atoms. The number of fused-ring (bicyclic) bond motifs is 1. The molecule has 0 saturated carbocycles. The van der Waals surface area contributed by atoms with Crippen molar-refractivity contribution in [1.29, 1.82) is 0 Å². The molecule has 1 atom stereocenters. The van der Waals surface area contributed by atoms with Gasteiger partial charge in [-0.15, -0.1) is 0 Å². The number of hydrogen-bond acceptors (Lipinski definition) is 3. The number of ether oxygens (including phenoxy) is 1. The molecule has 0 fully saturated rings. The number of benzene rings is 2. The summed E-state index contributed by atoms with van der Waals surface area (Å²) >= 11 is 6.59. The third kappa shape index (κ3) is 7.23. The number of rotatable bonds is 9. The summed E-state index contributed by atoms with van der Waals surface area (Å²) in [7, 11) is 2.10. The highest BCUT2D eigenvalue weighted by atomic mass is 35.5. The summed E-state index contributed by atoms with van der Waals surface area (Å²) < 4.78 is 5.88. The number of carbonyl (C=O) groups excluding carboxylic acids is 1. The van der Waals surface area contributed by atoms with Gasteiger partial charge in [-0.3, -0.25) is 4.79 Å². The summed E-state index contributed by atoms with van der Waals surface area (Å²) in [4.78, 5) is 17.8.